The number of hydrogen-bond acceptors (Lipinski definition) is 5. The lowest BCUT2D eigenvalue weighted by Crippen LogP contribution is -2.43. The number of nitrogens with one attached hydrogen (secondary N) is 1. The zero-order chi connectivity index (χ0) is 21.8. The molecule has 1 N–H and O–H groups in total. The number of carbonyl (C=O) groups is 1. The van der Waals surface area contributed by atoms with E-state index in [2.05, 4.69) is 4.72 Å². The van der Waals surface area contributed by atoms with Crippen molar-refractivity contribution in [2.75, 3.05) is 23.6 Å². The van der Waals surface area contributed by atoms with Crippen LogP contribution in [0.15, 0.2) is 29.2 Å². The summed E-state index contributed by atoms with van der Waals surface area (Å²) in [5.74, 6) is 0.0764. The van der Waals surface area contributed by atoms with E-state index < -0.39 is 25.5 Å². The van der Waals surface area contributed by atoms with Gasteiger partial charge >= 0.3 is 0 Å². The molecule has 2 saturated carbocycles. The third-order valence-electron chi connectivity index (χ3n) is 7.66. The SMILES string of the molecule is CC1(C)[C@H]2CC[C@]1(CS(=O)(=O)Nc1ccc(S(=O)(=O)N3CCCCC3)cc1)C(=O)C2. The molecule has 0 amide bonds. The van der Waals surface area contributed by atoms with Gasteiger partial charge in [0.05, 0.1) is 16.1 Å². The predicted molar refractivity (Wildman–Crippen MR) is 115 cm³/mol. The van der Waals surface area contributed by atoms with Crippen LogP contribution in [0, 0.1) is 16.7 Å². The van der Waals surface area contributed by atoms with Crippen LogP contribution in [0.2, 0.25) is 0 Å². The summed E-state index contributed by atoms with van der Waals surface area (Å²) in [5, 5.41) is 0. The van der Waals surface area contributed by atoms with Crippen molar-refractivity contribution in [1.82, 2.24) is 4.31 Å². The third kappa shape index (κ3) is 3.48. The zero-order valence-electron chi connectivity index (χ0n) is 17.6. The van der Waals surface area contributed by atoms with E-state index in [0.29, 0.717) is 31.6 Å². The molecule has 2 aliphatic carbocycles. The maximum Gasteiger partial charge on any atom is 0.243 e. The quantitative estimate of drug-likeness (QED) is 0.712. The van der Waals surface area contributed by atoms with Gasteiger partial charge in [0.25, 0.3) is 0 Å². The van der Waals surface area contributed by atoms with Crippen molar-refractivity contribution < 1.29 is 21.6 Å². The molecule has 4 rings (SSSR count). The van der Waals surface area contributed by atoms with E-state index in [0.717, 1.165) is 25.7 Å². The van der Waals surface area contributed by atoms with Gasteiger partial charge in [0, 0.05) is 25.2 Å². The fourth-order valence-electron chi connectivity index (χ4n) is 5.60. The van der Waals surface area contributed by atoms with E-state index in [1.54, 1.807) is 0 Å². The summed E-state index contributed by atoms with van der Waals surface area (Å²) in [5.41, 5.74) is -0.853. The number of ketones is 1. The Labute approximate surface area is 179 Å². The highest BCUT2D eigenvalue weighted by atomic mass is 32.2. The minimum atomic E-state index is -3.77. The van der Waals surface area contributed by atoms with Crippen molar-refractivity contribution >= 4 is 31.5 Å². The van der Waals surface area contributed by atoms with Gasteiger partial charge in [-0.1, -0.05) is 20.3 Å². The molecule has 30 heavy (non-hydrogen) atoms. The van der Waals surface area contributed by atoms with Crippen molar-refractivity contribution in [3.8, 4) is 0 Å². The monoisotopic (exact) mass is 454 g/mol. The molecule has 7 nitrogen and oxygen atoms in total. The van der Waals surface area contributed by atoms with Crippen LogP contribution in [0.25, 0.3) is 0 Å². The molecule has 1 heterocycles. The van der Waals surface area contributed by atoms with Crippen LogP contribution in [-0.4, -0.2) is 45.8 Å². The van der Waals surface area contributed by atoms with E-state index in [-0.39, 0.29) is 27.8 Å². The van der Waals surface area contributed by atoms with Crippen LogP contribution >= 0.6 is 0 Å². The standard InChI is InChI=1S/C21H30N2O5S2/c1-20(2)16-10-11-21(20,19(24)14-16)15-29(25,26)22-17-6-8-18(9-7-17)30(27,28)23-12-4-3-5-13-23/h6-9,16,22H,3-5,10-15H2,1-2H3/t16-,21-/m0/s1. The van der Waals surface area contributed by atoms with Crippen molar-refractivity contribution in [3.05, 3.63) is 24.3 Å². The van der Waals surface area contributed by atoms with Crippen LogP contribution < -0.4 is 4.72 Å². The lowest BCUT2D eigenvalue weighted by Gasteiger charge is -2.36. The molecule has 9 heteroatoms. The first kappa shape index (κ1) is 21.8. The Morgan fingerprint density at radius 3 is 2.20 bits per heavy atom. The predicted octanol–water partition coefficient (Wildman–Crippen LogP) is 3.00. The van der Waals surface area contributed by atoms with Crippen molar-refractivity contribution in [2.24, 2.45) is 16.7 Å². The van der Waals surface area contributed by atoms with Gasteiger partial charge in [-0.15, -0.1) is 0 Å². The number of nitrogens with zero attached hydrogens (tertiary/aromatic N) is 1. The zero-order valence-corrected chi connectivity index (χ0v) is 19.2. The smallest absolute Gasteiger partial charge is 0.243 e. The summed E-state index contributed by atoms with van der Waals surface area (Å²) >= 11 is 0. The summed E-state index contributed by atoms with van der Waals surface area (Å²) < 4.78 is 55.4. The van der Waals surface area contributed by atoms with Gasteiger partial charge in [0.1, 0.15) is 5.78 Å². The summed E-state index contributed by atoms with van der Waals surface area (Å²) in [7, 11) is -7.33. The molecule has 3 fully saturated rings. The highest BCUT2D eigenvalue weighted by Crippen LogP contribution is 2.64. The van der Waals surface area contributed by atoms with Gasteiger partial charge in [0.2, 0.25) is 20.0 Å². The van der Waals surface area contributed by atoms with E-state index in [1.807, 2.05) is 13.8 Å². The molecule has 1 aliphatic heterocycles. The summed E-state index contributed by atoms with van der Waals surface area (Å²) in [6.07, 6.45) is 4.71. The number of benzene rings is 1. The average Bonchev–Trinajstić information content (AvgIpc) is 3.02. The first-order chi connectivity index (χ1) is 14.0. The lowest BCUT2D eigenvalue weighted by molar-refractivity contribution is -0.128. The minimum absolute atomic E-state index is 0.0529. The van der Waals surface area contributed by atoms with Crippen LogP contribution in [0.1, 0.15) is 52.4 Å². The second-order valence-corrected chi connectivity index (χ2v) is 13.2. The van der Waals surface area contributed by atoms with Gasteiger partial charge < -0.3 is 0 Å². The number of hydrogen-bond donors (Lipinski definition) is 1. The molecule has 1 saturated heterocycles. The topological polar surface area (TPSA) is 101 Å². The van der Waals surface area contributed by atoms with Crippen LogP contribution in [0.5, 0.6) is 0 Å². The minimum Gasteiger partial charge on any atom is -0.299 e. The summed E-state index contributed by atoms with van der Waals surface area (Å²) in [6.45, 7) is 5.05. The maximum atomic E-state index is 12.9. The van der Waals surface area contributed by atoms with Crippen molar-refractivity contribution in [3.63, 3.8) is 0 Å². The summed E-state index contributed by atoms with van der Waals surface area (Å²) in [4.78, 5) is 12.8. The largest absolute Gasteiger partial charge is 0.299 e. The van der Waals surface area contributed by atoms with Crippen LogP contribution in [0.4, 0.5) is 5.69 Å². The van der Waals surface area contributed by atoms with E-state index in [9.17, 15) is 21.6 Å². The Balaban J connectivity index is 1.50. The van der Waals surface area contributed by atoms with E-state index in [1.165, 1.54) is 28.6 Å². The molecule has 1 aromatic carbocycles. The second-order valence-electron chi connectivity index (χ2n) is 9.52. The molecule has 0 spiro atoms. The fraction of sp³-hybridized carbons (Fsp3) is 0.667. The first-order valence-electron chi connectivity index (χ1n) is 10.6. The Morgan fingerprint density at radius 1 is 1.03 bits per heavy atom. The Kier molecular flexibility index (Phi) is 5.30. The molecule has 0 aromatic heterocycles. The van der Waals surface area contributed by atoms with Crippen LogP contribution in [0.3, 0.4) is 0 Å². The molecule has 1 aromatic rings. The number of sulfonamides is 2. The highest BCUT2D eigenvalue weighted by molar-refractivity contribution is 7.92. The van der Waals surface area contributed by atoms with Gasteiger partial charge in [-0.05, 0) is 61.3 Å². The fourth-order valence-corrected chi connectivity index (χ4v) is 9.01. The van der Waals surface area contributed by atoms with E-state index >= 15 is 0 Å². The van der Waals surface area contributed by atoms with E-state index in [4.69, 9.17) is 0 Å². The van der Waals surface area contributed by atoms with Crippen molar-refractivity contribution in [2.45, 2.75) is 57.3 Å². The lowest BCUT2D eigenvalue weighted by atomic mass is 9.70. The third-order valence-corrected chi connectivity index (χ3v) is 11.0. The molecule has 3 aliphatic rings. The number of piperidine rings is 1. The number of Topliss-reactive ketones (excluding diaryl/α,β-unsaturated/α-hetero) is 1. The highest BCUT2D eigenvalue weighted by Gasteiger charge is 2.65. The Bertz CT molecular complexity index is 1040. The molecule has 2 bridgehead atoms. The molecule has 166 valence electrons. The molecule has 0 unspecified atom stereocenters. The average molecular weight is 455 g/mol. The van der Waals surface area contributed by atoms with Gasteiger partial charge in [-0.2, -0.15) is 4.31 Å². The van der Waals surface area contributed by atoms with Gasteiger partial charge in [-0.3, -0.25) is 9.52 Å². The van der Waals surface area contributed by atoms with Crippen LogP contribution in [-0.2, 0) is 24.8 Å². The first-order valence-corrected chi connectivity index (χ1v) is 13.7. The Hall–Kier alpha value is -1.45. The van der Waals surface area contributed by atoms with Crippen molar-refractivity contribution in [1.29, 1.82) is 0 Å². The number of carbonyl (C=O) groups excluding carboxylic acids is 1. The number of rotatable bonds is 6. The number of fused-ring (bicyclic) bond motifs is 2. The number of anilines is 1. The molecular weight excluding hydrogens is 424 g/mol. The summed E-state index contributed by atoms with van der Waals surface area (Å²) in [6, 6.07) is 5.84. The Morgan fingerprint density at radius 2 is 1.67 bits per heavy atom. The molecule has 0 radical (unpaired) electrons. The normalized spacial score (nSPS) is 29.3. The second kappa shape index (κ2) is 7.31. The van der Waals surface area contributed by atoms with Gasteiger partial charge in [0.15, 0.2) is 0 Å². The maximum absolute atomic E-state index is 12.9. The van der Waals surface area contributed by atoms with Gasteiger partial charge in [-0.25, -0.2) is 16.8 Å². The molecular formula is C21H30N2O5S2. The molecule has 2 atom stereocenters.